The Hall–Kier alpha value is -0.600. The van der Waals surface area contributed by atoms with E-state index in [2.05, 4.69) is 4.94 Å². The average molecular weight is 134 g/mol. The summed E-state index contributed by atoms with van der Waals surface area (Å²) >= 11 is 0. The van der Waals surface area contributed by atoms with Crippen LogP contribution in [0, 0.1) is 5.92 Å². The van der Waals surface area contributed by atoms with Crippen LogP contribution < -0.4 is 0 Å². The van der Waals surface area contributed by atoms with E-state index < -0.39 is 5.97 Å². The molecule has 0 aromatic rings. The average Bonchev–Trinajstić information content (AvgIpc) is 1.83. The Morgan fingerprint density at radius 2 is 2.22 bits per heavy atom. The number of rotatable bonds is 3. The first-order chi connectivity index (χ1) is 4.16. The van der Waals surface area contributed by atoms with Crippen LogP contribution >= 0.6 is 0 Å². The monoisotopic (exact) mass is 134 g/mol. The molecule has 0 unspecified atom stereocenters. The van der Waals surface area contributed by atoms with Crippen molar-refractivity contribution in [2.75, 3.05) is 0 Å². The van der Waals surface area contributed by atoms with Gasteiger partial charge < -0.3 is 0 Å². The molecule has 0 spiro atoms. The van der Waals surface area contributed by atoms with E-state index in [1.807, 2.05) is 13.8 Å². The highest BCUT2D eigenvalue weighted by atomic mass is 19.3. The van der Waals surface area contributed by atoms with Crippen LogP contribution in [-0.4, -0.2) is 5.97 Å². The van der Waals surface area contributed by atoms with Gasteiger partial charge in [0.05, 0.1) is 0 Å². The van der Waals surface area contributed by atoms with Crippen LogP contribution in [0.1, 0.15) is 26.7 Å². The Labute approximate surface area is 53.9 Å². The van der Waals surface area contributed by atoms with E-state index in [0.29, 0.717) is 12.3 Å². The van der Waals surface area contributed by atoms with Crippen molar-refractivity contribution in [3.05, 3.63) is 0 Å². The highest BCUT2D eigenvalue weighted by Gasteiger charge is 2.03. The van der Waals surface area contributed by atoms with E-state index in [-0.39, 0.29) is 6.42 Å². The van der Waals surface area contributed by atoms with Crippen LogP contribution in [-0.2, 0) is 9.74 Å². The van der Waals surface area contributed by atoms with E-state index in [0.717, 1.165) is 0 Å². The zero-order chi connectivity index (χ0) is 7.28. The number of carbonyl (C=O) groups is 1. The Morgan fingerprint density at radius 1 is 1.67 bits per heavy atom. The van der Waals surface area contributed by atoms with Gasteiger partial charge in [-0.05, 0) is 12.3 Å². The maximum Gasteiger partial charge on any atom is 0.348 e. The summed E-state index contributed by atoms with van der Waals surface area (Å²) < 4.78 is 11.0. The van der Waals surface area contributed by atoms with Crippen LogP contribution in [0.2, 0.25) is 0 Å². The molecule has 0 atom stereocenters. The second-order valence-corrected chi connectivity index (χ2v) is 2.38. The van der Waals surface area contributed by atoms with E-state index in [9.17, 15) is 9.32 Å². The molecule has 0 aliphatic rings. The number of hydrogen-bond acceptors (Lipinski definition) is 2. The van der Waals surface area contributed by atoms with Gasteiger partial charge in [-0.1, -0.05) is 13.8 Å². The molecule has 3 heteroatoms. The minimum Gasteiger partial charge on any atom is -0.255 e. The van der Waals surface area contributed by atoms with E-state index in [1.54, 1.807) is 0 Å². The summed E-state index contributed by atoms with van der Waals surface area (Å²) in [6.45, 7) is 3.93. The summed E-state index contributed by atoms with van der Waals surface area (Å²) in [6.07, 6.45) is 0.858. The second-order valence-electron chi connectivity index (χ2n) is 2.38. The van der Waals surface area contributed by atoms with Crippen molar-refractivity contribution in [3.63, 3.8) is 0 Å². The lowest BCUT2D eigenvalue weighted by Crippen LogP contribution is -1.99. The number of hydrogen-bond donors (Lipinski definition) is 0. The molecule has 0 aromatic carbocycles. The third kappa shape index (κ3) is 5.27. The fourth-order valence-electron chi connectivity index (χ4n) is 0.445. The fraction of sp³-hybridized carbons (Fsp3) is 0.833. The van der Waals surface area contributed by atoms with E-state index in [1.165, 1.54) is 0 Å². The first-order valence-electron chi connectivity index (χ1n) is 2.98. The highest BCUT2D eigenvalue weighted by molar-refractivity contribution is 5.68. The van der Waals surface area contributed by atoms with Gasteiger partial charge in [-0.2, -0.15) is 0 Å². The molecule has 0 rings (SSSR count). The van der Waals surface area contributed by atoms with Gasteiger partial charge in [0.1, 0.15) is 0 Å². The summed E-state index contributed by atoms with van der Waals surface area (Å²) in [6, 6.07) is 0. The number of halogens is 1. The lowest BCUT2D eigenvalue weighted by Gasteiger charge is -1.98. The summed E-state index contributed by atoms with van der Waals surface area (Å²) in [5.41, 5.74) is 0. The van der Waals surface area contributed by atoms with Crippen molar-refractivity contribution < 1.29 is 14.3 Å². The van der Waals surface area contributed by atoms with Gasteiger partial charge in [0.2, 0.25) is 0 Å². The second kappa shape index (κ2) is 4.30. The summed E-state index contributed by atoms with van der Waals surface area (Å²) in [7, 11) is 0. The third-order valence-electron chi connectivity index (χ3n) is 1.01. The van der Waals surface area contributed by atoms with Crippen molar-refractivity contribution in [3.8, 4) is 0 Å². The van der Waals surface area contributed by atoms with Gasteiger partial charge in [-0.3, -0.25) is 4.94 Å². The minimum absolute atomic E-state index is 0.175. The zero-order valence-electron chi connectivity index (χ0n) is 5.69. The van der Waals surface area contributed by atoms with E-state index >= 15 is 0 Å². The summed E-state index contributed by atoms with van der Waals surface area (Å²) in [4.78, 5) is 13.1. The Kier molecular flexibility index (Phi) is 4.01. The van der Waals surface area contributed by atoms with Crippen molar-refractivity contribution in [2.24, 2.45) is 5.92 Å². The molecular formula is C6H11FO2. The zero-order valence-corrected chi connectivity index (χ0v) is 5.69. The van der Waals surface area contributed by atoms with Crippen molar-refractivity contribution in [1.82, 2.24) is 0 Å². The molecule has 0 saturated carbocycles. The molecule has 0 amide bonds. The van der Waals surface area contributed by atoms with Gasteiger partial charge in [-0.25, -0.2) is 4.79 Å². The minimum atomic E-state index is -0.774. The quantitative estimate of drug-likeness (QED) is 0.588. The molecule has 0 aromatic heterocycles. The smallest absolute Gasteiger partial charge is 0.255 e. The van der Waals surface area contributed by atoms with Gasteiger partial charge in [0.15, 0.2) is 0 Å². The van der Waals surface area contributed by atoms with Crippen LogP contribution in [0.15, 0.2) is 0 Å². The van der Waals surface area contributed by atoms with Gasteiger partial charge >= 0.3 is 5.97 Å². The highest BCUT2D eigenvalue weighted by Crippen LogP contribution is 2.03. The molecule has 9 heavy (non-hydrogen) atoms. The standard InChI is InChI=1S/C6H11FO2/c1-5(2)3-4-6(8)9-7/h5H,3-4H2,1-2H3. The topological polar surface area (TPSA) is 26.3 Å². The molecule has 0 saturated heterocycles. The Balaban J connectivity index is 3.17. The predicted molar refractivity (Wildman–Crippen MR) is 31.3 cm³/mol. The van der Waals surface area contributed by atoms with Gasteiger partial charge in [-0.15, -0.1) is 0 Å². The van der Waals surface area contributed by atoms with Crippen molar-refractivity contribution in [2.45, 2.75) is 26.7 Å². The molecule has 0 aliphatic heterocycles. The van der Waals surface area contributed by atoms with Crippen LogP contribution in [0.3, 0.4) is 0 Å². The van der Waals surface area contributed by atoms with Crippen molar-refractivity contribution in [1.29, 1.82) is 0 Å². The summed E-state index contributed by atoms with van der Waals surface area (Å²) in [5.74, 6) is -0.354. The van der Waals surface area contributed by atoms with Crippen LogP contribution in [0.5, 0.6) is 0 Å². The van der Waals surface area contributed by atoms with Gasteiger partial charge in [0.25, 0.3) is 0 Å². The Bertz CT molecular complexity index is 91.1. The van der Waals surface area contributed by atoms with Crippen LogP contribution in [0.4, 0.5) is 4.53 Å². The fourth-order valence-corrected chi connectivity index (χ4v) is 0.445. The molecule has 0 bridgehead atoms. The SMILES string of the molecule is CC(C)CCC(=O)OF. The maximum absolute atomic E-state index is 11.0. The largest absolute Gasteiger partial charge is 0.348 e. The maximum atomic E-state index is 11.0. The predicted octanol–water partition coefficient (Wildman–Crippen LogP) is 1.85. The first kappa shape index (κ1) is 8.40. The number of carbonyl (C=O) groups excluding carboxylic acids is 1. The Morgan fingerprint density at radius 3 is 2.56 bits per heavy atom. The molecule has 0 N–H and O–H groups in total. The summed E-state index contributed by atoms with van der Waals surface area (Å²) in [5, 5.41) is 0. The van der Waals surface area contributed by atoms with Crippen LogP contribution in [0.25, 0.3) is 0 Å². The molecule has 54 valence electrons. The van der Waals surface area contributed by atoms with Crippen molar-refractivity contribution >= 4 is 5.97 Å². The lowest BCUT2D eigenvalue weighted by molar-refractivity contribution is -0.183. The van der Waals surface area contributed by atoms with Gasteiger partial charge in [0, 0.05) is 10.9 Å². The van der Waals surface area contributed by atoms with E-state index in [4.69, 9.17) is 0 Å². The molecule has 0 radical (unpaired) electrons. The lowest BCUT2D eigenvalue weighted by atomic mass is 10.1. The molecular weight excluding hydrogens is 123 g/mol. The molecule has 0 aliphatic carbocycles. The normalized spacial score (nSPS) is 9.78. The third-order valence-corrected chi connectivity index (χ3v) is 1.01. The molecule has 0 heterocycles. The molecule has 2 nitrogen and oxygen atoms in total. The first-order valence-corrected chi connectivity index (χ1v) is 2.98. The molecule has 0 fully saturated rings.